The monoisotopic (exact) mass is 417 g/mol. The van der Waals surface area contributed by atoms with Crippen LogP contribution in [0.4, 0.5) is 0 Å². The van der Waals surface area contributed by atoms with Gasteiger partial charge in [0.15, 0.2) is 5.50 Å². The normalized spacial score (nSPS) is 20.7. The van der Waals surface area contributed by atoms with Crippen molar-refractivity contribution in [2.24, 2.45) is 10.9 Å². The van der Waals surface area contributed by atoms with Gasteiger partial charge in [0, 0.05) is 5.92 Å². The number of rotatable bonds is 6. The molecule has 2 atom stereocenters. The average molecular weight is 418 g/mol. The van der Waals surface area contributed by atoms with E-state index in [9.17, 15) is 4.79 Å². The Labute approximate surface area is 182 Å². The predicted octanol–water partition coefficient (Wildman–Crippen LogP) is 5.36. The van der Waals surface area contributed by atoms with Gasteiger partial charge in [0.2, 0.25) is 0 Å². The first-order valence-electron chi connectivity index (χ1n) is 10.4. The van der Waals surface area contributed by atoms with E-state index in [1.165, 1.54) is 22.9 Å². The molecule has 4 rings (SSSR count). The standard InChI is InChI=1S/C25H27N3OS/c1-17(2)16-20-12-14-21(15-13-20)18(3)23-26-25-28(27-23)24(29)22(30-25)11-7-10-19-8-5-4-6-9-19/h4-15,17-18,25H,16H2,1-3H3,(H,26,27)/b10-7+,22-11+. The summed E-state index contributed by atoms with van der Waals surface area (Å²) in [5.41, 5.74) is 6.67. The number of aliphatic imine (C=N–C) groups is 1. The summed E-state index contributed by atoms with van der Waals surface area (Å²) >= 11 is 1.49. The molecule has 30 heavy (non-hydrogen) atoms. The molecule has 0 radical (unpaired) electrons. The summed E-state index contributed by atoms with van der Waals surface area (Å²) < 4.78 is 0. The van der Waals surface area contributed by atoms with E-state index >= 15 is 0 Å². The molecule has 2 aliphatic heterocycles. The van der Waals surface area contributed by atoms with Crippen LogP contribution in [0.2, 0.25) is 0 Å². The fourth-order valence-corrected chi connectivity index (χ4v) is 4.60. The Bertz CT molecular complexity index is 993. The van der Waals surface area contributed by atoms with Crippen LogP contribution >= 0.6 is 11.8 Å². The van der Waals surface area contributed by atoms with Crippen molar-refractivity contribution in [1.29, 1.82) is 0 Å². The molecule has 1 saturated heterocycles. The maximum atomic E-state index is 12.7. The van der Waals surface area contributed by atoms with E-state index in [2.05, 4.69) is 50.5 Å². The van der Waals surface area contributed by atoms with Crippen molar-refractivity contribution in [3.05, 3.63) is 88.3 Å². The molecule has 2 unspecified atom stereocenters. The van der Waals surface area contributed by atoms with Crippen molar-refractivity contribution in [1.82, 2.24) is 10.4 Å². The van der Waals surface area contributed by atoms with Crippen molar-refractivity contribution in [2.45, 2.75) is 38.6 Å². The largest absolute Gasteiger partial charge is 0.281 e. The molecule has 0 aliphatic carbocycles. The van der Waals surface area contributed by atoms with Crippen molar-refractivity contribution < 1.29 is 4.79 Å². The van der Waals surface area contributed by atoms with Crippen LogP contribution in [-0.2, 0) is 11.2 Å². The molecule has 0 spiro atoms. The van der Waals surface area contributed by atoms with Crippen LogP contribution in [0.1, 0.15) is 43.4 Å². The van der Waals surface area contributed by atoms with Gasteiger partial charge in [-0.15, -0.1) is 0 Å². The minimum atomic E-state index is -0.230. The van der Waals surface area contributed by atoms with Crippen LogP contribution in [0.5, 0.6) is 0 Å². The fourth-order valence-electron chi connectivity index (χ4n) is 3.60. The first-order chi connectivity index (χ1) is 14.5. The summed E-state index contributed by atoms with van der Waals surface area (Å²) in [6.45, 7) is 6.59. The summed E-state index contributed by atoms with van der Waals surface area (Å²) in [6.07, 6.45) is 6.87. The highest BCUT2D eigenvalue weighted by Gasteiger charge is 2.41. The van der Waals surface area contributed by atoms with Crippen LogP contribution < -0.4 is 5.43 Å². The number of nitrogens with zero attached hydrogens (tertiary/aromatic N) is 2. The lowest BCUT2D eigenvalue weighted by Crippen LogP contribution is -2.41. The zero-order valence-electron chi connectivity index (χ0n) is 17.6. The van der Waals surface area contributed by atoms with Gasteiger partial charge in [-0.25, -0.2) is 10.0 Å². The minimum Gasteiger partial charge on any atom is -0.279 e. The van der Waals surface area contributed by atoms with Gasteiger partial charge in [-0.1, -0.05) is 99.3 Å². The van der Waals surface area contributed by atoms with Gasteiger partial charge in [-0.3, -0.25) is 10.2 Å². The predicted molar refractivity (Wildman–Crippen MR) is 126 cm³/mol. The minimum absolute atomic E-state index is 0.0269. The quantitative estimate of drug-likeness (QED) is 0.644. The Hall–Kier alpha value is -2.79. The summed E-state index contributed by atoms with van der Waals surface area (Å²) in [7, 11) is 0. The van der Waals surface area contributed by atoms with E-state index in [0.717, 1.165) is 17.8 Å². The van der Waals surface area contributed by atoms with E-state index in [4.69, 9.17) is 4.99 Å². The number of benzene rings is 2. The number of amidine groups is 1. The van der Waals surface area contributed by atoms with Gasteiger partial charge in [-0.2, -0.15) is 0 Å². The third-order valence-corrected chi connectivity index (χ3v) is 6.33. The van der Waals surface area contributed by atoms with Crippen LogP contribution in [0, 0.1) is 5.92 Å². The first kappa shape index (κ1) is 20.5. The molecular weight excluding hydrogens is 390 g/mol. The molecule has 5 heteroatoms. The molecule has 2 aliphatic rings. The van der Waals surface area contributed by atoms with Gasteiger partial charge in [0.05, 0.1) is 4.91 Å². The Kier molecular flexibility index (Phi) is 6.09. The highest BCUT2D eigenvalue weighted by atomic mass is 32.2. The van der Waals surface area contributed by atoms with Gasteiger partial charge >= 0.3 is 0 Å². The number of fused-ring (bicyclic) bond motifs is 1. The molecule has 0 bridgehead atoms. The lowest BCUT2D eigenvalue weighted by Gasteiger charge is -2.17. The van der Waals surface area contributed by atoms with Gasteiger partial charge in [-0.05, 0) is 35.1 Å². The number of hydrazine groups is 1. The molecule has 2 aromatic rings. The smallest absolute Gasteiger partial charge is 0.279 e. The molecule has 1 N–H and O–H groups in total. The summed E-state index contributed by atoms with van der Waals surface area (Å²) in [6, 6.07) is 18.8. The second-order valence-corrected chi connectivity index (χ2v) is 9.20. The number of allylic oxidation sites excluding steroid dienone is 2. The lowest BCUT2D eigenvalue weighted by molar-refractivity contribution is -0.127. The summed E-state index contributed by atoms with van der Waals surface area (Å²) in [5.74, 6) is 1.58. The number of hydrogen-bond acceptors (Lipinski definition) is 4. The summed E-state index contributed by atoms with van der Waals surface area (Å²) in [4.78, 5) is 18.2. The van der Waals surface area contributed by atoms with Gasteiger partial charge < -0.3 is 0 Å². The number of thioether (sulfide) groups is 1. The summed E-state index contributed by atoms with van der Waals surface area (Å²) in [5, 5.41) is 1.63. The lowest BCUT2D eigenvalue weighted by atomic mass is 9.96. The average Bonchev–Trinajstić information content (AvgIpc) is 3.28. The maximum Gasteiger partial charge on any atom is 0.281 e. The van der Waals surface area contributed by atoms with E-state index in [1.54, 1.807) is 5.01 Å². The third-order valence-electron chi connectivity index (χ3n) is 5.24. The zero-order valence-corrected chi connectivity index (χ0v) is 18.4. The molecule has 2 aromatic carbocycles. The van der Waals surface area contributed by atoms with E-state index in [0.29, 0.717) is 10.8 Å². The fraction of sp³-hybridized carbons (Fsp3) is 0.280. The third kappa shape index (κ3) is 4.51. The van der Waals surface area contributed by atoms with Crippen molar-refractivity contribution in [2.75, 3.05) is 0 Å². The Morgan fingerprint density at radius 3 is 2.50 bits per heavy atom. The second-order valence-electron chi connectivity index (χ2n) is 8.11. The molecule has 2 heterocycles. The van der Waals surface area contributed by atoms with Crippen molar-refractivity contribution in [3.8, 4) is 0 Å². The van der Waals surface area contributed by atoms with Crippen molar-refractivity contribution >= 4 is 29.6 Å². The van der Waals surface area contributed by atoms with E-state index < -0.39 is 0 Å². The Morgan fingerprint density at radius 2 is 1.83 bits per heavy atom. The maximum absolute atomic E-state index is 12.7. The molecule has 0 aromatic heterocycles. The Balaban J connectivity index is 1.41. The SMILES string of the molecule is CC(C)Cc1ccc(C(C)C2=NC3S/C(=C/C=C/c4ccccc4)C(=O)N3N2)cc1. The van der Waals surface area contributed by atoms with E-state index in [-0.39, 0.29) is 17.3 Å². The zero-order chi connectivity index (χ0) is 21.1. The first-order valence-corrected chi connectivity index (χ1v) is 11.3. The number of amides is 1. The second kappa shape index (κ2) is 8.92. The molecule has 4 nitrogen and oxygen atoms in total. The number of hydrogen-bond donors (Lipinski definition) is 1. The van der Waals surface area contributed by atoms with E-state index in [1.807, 2.05) is 48.6 Å². The molecule has 0 saturated carbocycles. The molecule has 1 amide bonds. The van der Waals surface area contributed by atoms with Crippen LogP contribution in [-0.4, -0.2) is 22.2 Å². The van der Waals surface area contributed by atoms with Gasteiger partial charge in [0.25, 0.3) is 5.91 Å². The molecule has 154 valence electrons. The number of nitrogens with one attached hydrogen (secondary N) is 1. The van der Waals surface area contributed by atoms with Gasteiger partial charge in [0.1, 0.15) is 5.84 Å². The topological polar surface area (TPSA) is 44.7 Å². The van der Waals surface area contributed by atoms with Crippen molar-refractivity contribution in [3.63, 3.8) is 0 Å². The number of carbonyl (C=O) groups excluding carboxylic acids is 1. The Morgan fingerprint density at radius 1 is 1.10 bits per heavy atom. The highest BCUT2D eigenvalue weighted by molar-refractivity contribution is 8.05. The van der Waals surface area contributed by atoms with Crippen LogP contribution in [0.25, 0.3) is 6.08 Å². The van der Waals surface area contributed by atoms with Crippen LogP contribution in [0.3, 0.4) is 0 Å². The van der Waals surface area contributed by atoms with Crippen LogP contribution in [0.15, 0.2) is 76.6 Å². The molecule has 1 fully saturated rings. The number of carbonyl (C=O) groups is 1. The highest BCUT2D eigenvalue weighted by Crippen LogP contribution is 2.38. The molecular formula is C25H27N3OS.